The molecule has 1 aromatic carbocycles. The van der Waals surface area contributed by atoms with Gasteiger partial charge in [0.2, 0.25) is 0 Å². The Morgan fingerprint density at radius 3 is 2.55 bits per heavy atom. The average molecular weight is 297 g/mol. The lowest BCUT2D eigenvalue weighted by Crippen LogP contribution is -2.27. The van der Waals surface area contributed by atoms with Crippen LogP contribution >= 0.6 is 0 Å². The summed E-state index contributed by atoms with van der Waals surface area (Å²) in [6, 6.07) is 10.6. The Kier molecular flexibility index (Phi) is 4.27. The smallest absolute Gasteiger partial charge is 0.255 e. The fraction of sp³-hybridized carbons (Fsp3) is 0.444. The molecule has 1 heterocycles. The molecule has 116 valence electrons. The number of amides is 1. The molecule has 0 unspecified atom stereocenters. The molecule has 0 radical (unpaired) electrons. The predicted molar refractivity (Wildman–Crippen MR) is 87.0 cm³/mol. The van der Waals surface area contributed by atoms with E-state index in [4.69, 9.17) is 5.10 Å². The minimum absolute atomic E-state index is 0.0514. The van der Waals surface area contributed by atoms with Crippen LogP contribution in [0.4, 0.5) is 0 Å². The largest absolute Gasteiger partial charge is 0.349 e. The van der Waals surface area contributed by atoms with Gasteiger partial charge >= 0.3 is 0 Å². The van der Waals surface area contributed by atoms with E-state index in [-0.39, 0.29) is 5.91 Å². The van der Waals surface area contributed by atoms with Crippen LogP contribution in [0.5, 0.6) is 0 Å². The number of hydrogen-bond donors (Lipinski definition) is 1. The molecular weight excluding hydrogens is 274 g/mol. The Balaban J connectivity index is 1.92. The van der Waals surface area contributed by atoms with Gasteiger partial charge in [-0.2, -0.15) is 5.10 Å². The summed E-state index contributed by atoms with van der Waals surface area (Å²) in [6.07, 6.45) is 3.80. The van der Waals surface area contributed by atoms with E-state index in [0.29, 0.717) is 12.6 Å². The predicted octanol–water partition coefficient (Wildman–Crippen LogP) is 2.95. The second-order valence-corrected chi connectivity index (χ2v) is 5.87. The molecule has 0 aliphatic heterocycles. The van der Waals surface area contributed by atoms with Crippen LogP contribution in [0.1, 0.15) is 54.0 Å². The summed E-state index contributed by atoms with van der Waals surface area (Å²) in [5.41, 5.74) is 3.95. The molecule has 0 bridgehead atoms. The molecule has 3 rings (SSSR count). The lowest BCUT2D eigenvalue weighted by Gasteiger charge is -2.08. The normalized spacial score (nSPS) is 14.1. The summed E-state index contributed by atoms with van der Waals surface area (Å²) in [6.45, 7) is 4.86. The van der Waals surface area contributed by atoms with E-state index in [0.717, 1.165) is 42.6 Å². The van der Waals surface area contributed by atoms with Gasteiger partial charge in [0.15, 0.2) is 0 Å². The third-order valence-corrected chi connectivity index (χ3v) is 4.11. The minimum atomic E-state index is 0.0514. The first-order chi connectivity index (χ1) is 10.7. The van der Waals surface area contributed by atoms with Gasteiger partial charge in [0.05, 0.1) is 23.5 Å². The molecule has 0 saturated heterocycles. The van der Waals surface area contributed by atoms with Gasteiger partial charge in [-0.1, -0.05) is 44.2 Å². The van der Waals surface area contributed by atoms with Crippen molar-refractivity contribution in [3.63, 3.8) is 0 Å². The van der Waals surface area contributed by atoms with Gasteiger partial charge in [-0.25, -0.2) is 0 Å². The van der Waals surface area contributed by atoms with Crippen LogP contribution in [0.25, 0.3) is 0 Å². The molecule has 0 spiro atoms. The number of aryl methyl sites for hydroxylation is 1. The molecule has 1 N–H and O–H groups in total. The molecule has 4 heteroatoms. The molecule has 1 amide bonds. The molecule has 1 saturated carbocycles. The van der Waals surface area contributed by atoms with Crippen LogP contribution in [-0.2, 0) is 19.4 Å². The summed E-state index contributed by atoms with van der Waals surface area (Å²) < 4.78 is 2.00. The molecule has 4 nitrogen and oxygen atoms in total. The topological polar surface area (TPSA) is 46.9 Å². The monoisotopic (exact) mass is 297 g/mol. The molecule has 1 aromatic heterocycles. The third kappa shape index (κ3) is 3.06. The lowest BCUT2D eigenvalue weighted by atomic mass is 10.1. The summed E-state index contributed by atoms with van der Waals surface area (Å²) in [4.78, 5) is 12.6. The van der Waals surface area contributed by atoms with Crippen molar-refractivity contribution in [2.45, 2.75) is 52.1 Å². The fourth-order valence-corrected chi connectivity index (χ4v) is 2.79. The molecule has 1 fully saturated rings. The van der Waals surface area contributed by atoms with Crippen molar-refractivity contribution in [2.24, 2.45) is 0 Å². The van der Waals surface area contributed by atoms with E-state index in [2.05, 4.69) is 31.3 Å². The maximum Gasteiger partial charge on any atom is 0.255 e. The van der Waals surface area contributed by atoms with Crippen molar-refractivity contribution in [3.05, 3.63) is 52.8 Å². The average Bonchev–Trinajstić information content (AvgIpc) is 3.27. The minimum Gasteiger partial charge on any atom is -0.349 e. The van der Waals surface area contributed by atoms with Crippen molar-refractivity contribution in [1.82, 2.24) is 15.1 Å². The highest BCUT2D eigenvalue weighted by Gasteiger charge is 2.28. The van der Waals surface area contributed by atoms with Crippen LogP contribution < -0.4 is 5.32 Å². The standard InChI is InChI=1S/C18H23N3O/c1-3-15-17(18(22)19-14-10-11-14)16(4-2)21(20-15)12-13-8-6-5-7-9-13/h5-9,14H,3-4,10-12H2,1-2H3,(H,19,22). The quantitative estimate of drug-likeness (QED) is 0.891. The highest BCUT2D eigenvalue weighted by atomic mass is 16.1. The van der Waals surface area contributed by atoms with Gasteiger partial charge < -0.3 is 5.32 Å². The van der Waals surface area contributed by atoms with Crippen molar-refractivity contribution < 1.29 is 4.79 Å². The van der Waals surface area contributed by atoms with Gasteiger partial charge in [0.1, 0.15) is 0 Å². The number of carbonyl (C=O) groups excluding carboxylic acids is 1. The van der Waals surface area contributed by atoms with Crippen LogP contribution in [0.3, 0.4) is 0 Å². The number of benzene rings is 1. The Morgan fingerprint density at radius 2 is 1.95 bits per heavy atom. The Morgan fingerprint density at radius 1 is 1.23 bits per heavy atom. The molecular formula is C18H23N3O. The Bertz CT molecular complexity index is 656. The van der Waals surface area contributed by atoms with Gasteiger partial charge in [-0.3, -0.25) is 9.48 Å². The Labute approximate surface area is 131 Å². The van der Waals surface area contributed by atoms with E-state index < -0.39 is 0 Å². The zero-order valence-corrected chi connectivity index (χ0v) is 13.3. The van der Waals surface area contributed by atoms with Crippen LogP contribution in [-0.4, -0.2) is 21.7 Å². The molecule has 2 aromatic rings. The maximum absolute atomic E-state index is 12.6. The van der Waals surface area contributed by atoms with Crippen molar-refractivity contribution in [2.75, 3.05) is 0 Å². The fourth-order valence-electron chi connectivity index (χ4n) is 2.79. The lowest BCUT2D eigenvalue weighted by molar-refractivity contribution is 0.0949. The third-order valence-electron chi connectivity index (χ3n) is 4.11. The second-order valence-electron chi connectivity index (χ2n) is 5.87. The van der Waals surface area contributed by atoms with Crippen molar-refractivity contribution in [1.29, 1.82) is 0 Å². The highest BCUT2D eigenvalue weighted by molar-refractivity contribution is 5.97. The van der Waals surface area contributed by atoms with Gasteiger partial charge in [0, 0.05) is 6.04 Å². The van der Waals surface area contributed by atoms with E-state index in [1.807, 2.05) is 22.9 Å². The van der Waals surface area contributed by atoms with Crippen LogP contribution in [0.15, 0.2) is 30.3 Å². The molecule has 0 atom stereocenters. The van der Waals surface area contributed by atoms with E-state index in [1.165, 1.54) is 5.56 Å². The van der Waals surface area contributed by atoms with Crippen molar-refractivity contribution >= 4 is 5.91 Å². The SMILES string of the molecule is CCc1nn(Cc2ccccc2)c(CC)c1C(=O)NC1CC1. The number of rotatable bonds is 6. The number of nitrogens with one attached hydrogen (secondary N) is 1. The van der Waals surface area contributed by atoms with E-state index >= 15 is 0 Å². The molecule has 22 heavy (non-hydrogen) atoms. The molecule has 1 aliphatic carbocycles. The van der Waals surface area contributed by atoms with Gasteiger partial charge in [0.25, 0.3) is 5.91 Å². The van der Waals surface area contributed by atoms with E-state index in [1.54, 1.807) is 0 Å². The number of aromatic nitrogens is 2. The zero-order chi connectivity index (χ0) is 15.5. The first-order valence-corrected chi connectivity index (χ1v) is 8.16. The highest BCUT2D eigenvalue weighted by Crippen LogP contribution is 2.22. The van der Waals surface area contributed by atoms with Gasteiger partial charge in [-0.05, 0) is 31.2 Å². The second kappa shape index (κ2) is 6.34. The first kappa shape index (κ1) is 14.8. The van der Waals surface area contributed by atoms with Crippen molar-refractivity contribution in [3.8, 4) is 0 Å². The number of hydrogen-bond acceptors (Lipinski definition) is 2. The zero-order valence-electron chi connectivity index (χ0n) is 13.3. The summed E-state index contributed by atoms with van der Waals surface area (Å²) >= 11 is 0. The van der Waals surface area contributed by atoms with Crippen LogP contribution in [0, 0.1) is 0 Å². The summed E-state index contributed by atoms with van der Waals surface area (Å²) in [5.74, 6) is 0.0514. The number of nitrogens with zero attached hydrogens (tertiary/aromatic N) is 2. The van der Waals surface area contributed by atoms with Crippen LogP contribution in [0.2, 0.25) is 0 Å². The summed E-state index contributed by atoms with van der Waals surface area (Å²) in [5, 5.41) is 7.80. The maximum atomic E-state index is 12.6. The number of carbonyl (C=O) groups is 1. The van der Waals surface area contributed by atoms with E-state index in [9.17, 15) is 4.79 Å². The first-order valence-electron chi connectivity index (χ1n) is 8.16. The molecule has 1 aliphatic rings. The Hall–Kier alpha value is -2.10. The summed E-state index contributed by atoms with van der Waals surface area (Å²) in [7, 11) is 0. The van der Waals surface area contributed by atoms with Gasteiger partial charge in [-0.15, -0.1) is 0 Å².